The molecule has 6 rings (SSSR count). The number of fused-ring (bicyclic) bond motifs is 5. The summed E-state index contributed by atoms with van der Waals surface area (Å²) < 4.78 is 8.01. The van der Waals surface area contributed by atoms with Crippen molar-refractivity contribution >= 4 is 28.5 Å². The quantitative estimate of drug-likeness (QED) is 0.578. The van der Waals surface area contributed by atoms with Gasteiger partial charge in [0.25, 0.3) is 0 Å². The maximum atomic E-state index is 5.74. The van der Waals surface area contributed by atoms with Gasteiger partial charge in [0.2, 0.25) is 5.95 Å². The van der Waals surface area contributed by atoms with Crippen LogP contribution in [0.25, 0.3) is 11.0 Å². The molecule has 3 atom stereocenters. The molecule has 3 aromatic heterocycles. The van der Waals surface area contributed by atoms with Gasteiger partial charge in [0, 0.05) is 50.3 Å². The second-order valence-electron chi connectivity index (χ2n) is 7.91. The van der Waals surface area contributed by atoms with Crippen LogP contribution in [0.5, 0.6) is 0 Å². The van der Waals surface area contributed by atoms with Gasteiger partial charge in [-0.2, -0.15) is 4.98 Å². The van der Waals surface area contributed by atoms with Crippen molar-refractivity contribution in [3.63, 3.8) is 0 Å². The van der Waals surface area contributed by atoms with E-state index in [1.165, 1.54) is 5.69 Å². The van der Waals surface area contributed by atoms with Gasteiger partial charge in [-0.1, -0.05) is 0 Å². The van der Waals surface area contributed by atoms with Crippen LogP contribution in [0.1, 0.15) is 24.8 Å². The second kappa shape index (κ2) is 6.65. The van der Waals surface area contributed by atoms with Crippen molar-refractivity contribution in [3.05, 3.63) is 36.3 Å². The smallest absolute Gasteiger partial charge is 0.230 e. The molecule has 0 spiro atoms. The number of nitrogens with one attached hydrogen (secondary N) is 3. The van der Waals surface area contributed by atoms with Crippen LogP contribution in [0.15, 0.2) is 30.6 Å². The molecule has 3 aliphatic rings. The number of nitrogens with zero attached hydrogens (tertiary/aromatic N) is 5. The molecule has 29 heavy (non-hydrogen) atoms. The third kappa shape index (κ3) is 3.02. The Balaban J connectivity index is 1.27. The van der Waals surface area contributed by atoms with Crippen molar-refractivity contribution in [2.45, 2.75) is 25.3 Å². The maximum Gasteiger partial charge on any atom is 0.230 e. The molecule has 0 amide bonds. The van der Waals surface area contributed by atoms with Gasteiger partial charge in [0.1, 0.15) is 23.8 Å². The van der Waals surface area contributed by atoms with E-state index in [1.807, 2.05) is 18.5 Å². The normalized spacial score (nSPS) is 26.0. The van der Waals surface area contributed by atoms with Crippen LogP contribution in [-0.4, -0.2) is 58.5 Å². The van der Waals surface area contributed by atoms with Gasteiger partial charge < -0.3 is 24.8 Å². The lowest BCUT2D eigenvalue weighted by molar-refractivity contribution is 0.317. The summed E-state index contributed by atoms with van der Waals surface area (Å²) in [5, 5.41) is 11.1. The Hall–Kier alpha value is -2.75. The third-order valence-electron chi connectivity index (χ3n) is 5.91. The molecule has 0 radical (unpaired) electrons. The first-order chi connectivity index (χ1) is 14.3. The molecule has 3 aliphatic heterocycles. The van der Waals surface area contributed by atoms with Crippen molar-refractivity contribution in [2.24, 2.45) is 0 Å². The standard InChI is InChI=1S/C20H24N8O/c1-12-9-23-19-17(29-19)15-8-13-10-24-20(26-18(13)28(12)15)25-16-3-2-14(11-22-16)27-6-4-21-5-7-27/h2-3,8,10-12,17,19,21,23H,4-7,9H2,1H3,(H,22,24,25,26). The van der Waals surface area contributed by atoms with Crippen LogP contribution in [0.4, 0.5) is 17.5 Å². The summed E-state index contributed by atoms with van der Waals surface area (Å²) in [6.45, 7) is 7.09. The number of anilines is 3. The summed E-state index contributed by atoms with van der Waals surface area (Å²) in [5.41, 5.74) is 3.25. The topological polar surface area (TPSA) is 95.5 Å². The van der Waals surface area contributed by atoms with E-state index >= 15 is 0 Å². The minimum atomic E-state index is 0.116. The third-order valence-corrected chi connectivity index (χ3v) is 5.91. The van der Waals surface area contributed by atoms with Gasteiger partial charge in [0.05, 0.1) is 17.6 Å². The molecule has 9 nitrogen and oxygen atoms in total. The highest BCUT2D eigenvalue weighted by Crippen LogP contribution is 2.42. The molecular formula is C20H24N8O. The molecule has 2 saturated heterocycles. The average Bonchev–Trinajstić information content (AvgIpc) is 3.46. The summed E-state index contributed by atoms with van der Waals surface area (Å²) in [7, 11) is 0. The van der Waals surface area contributed by atoms with Gasteiger partial charge in [-0.3, -0.25) is 5.32 Å². The number of hydrogen-bond donors (Lipinski definition) is 3. The fourth-order valence-corrected chi connectivity index (χ4v) is 4.33. The van der Waals surface area contributed by atoms with E-state index in [1.54, 1.807) is 0 Å². The Morgan fingerprint density at radius 1 is 1.17 bits per heavy atom. The summed E-state index contributed by atoms with van der Waals surface area (Å²) in [5.74, 6) is 1.30. The molecule has 0 aromatic carbocycles. The molecule has 0 bridgehead atoms. The number of rotatable bonds is 3. The zero-order valence-corrected chi connectivity index (χ0v) is 16.3. The maximum absolute atomic E-state index is 5.74. The molecule has 0 aliphatic carbocycles. The van der Waals surface area contributed by atoms with Crippen molar-refractivity contribution in [2.75, 3.05) is 42.9 Å². The predicted octanol–water partition coefficient (Wildman–Crippen LogP) is 1.54. The van der Waals surface area contributed by atoms with E-state index in [4.69, 9.17) is 9.72 Å². The zero-order chi connectivity index (χ0) is 19.4. The summed E-state index contributed by atoms with van der Waals surface area (Å²) >= 11 is 0. The van der Waals surface area contributed by atoms with Crippen LogP contribution in [0, 0.1) is 0 Å². The zero-order valence-electron chi connectivity index (χ0n) is 16.3. The highest BCUT2D eigenvalue weighted by molar-refractivity contribution is 5.78. The number of piperazine rings is 1. The fourth-order valence-electron chi connectivity index (χ4n) is 4.33. The number of hydrogen-bond acceptors (Lipinski definition) is 8. The SMILES string of the molecule is CC1CNC2OC2c2cc3cnc(Nc4ccc(N5CCNCC5)cn4)nc3n21. The molecule has 150 valence electrons. The van der Waals surface area contributed by atoms with Crippen LogP contribution in [0.2, 0.25) is 0 Å². The Morgan fingerprint density at radius 3 is 2.90 bits per heavy atom. The van der Waals surface area contributed by atoms with Crippen LogP contribution >= 0.6 is 0 Å². The lowest BCUT2D eigenvalue weighted by Gasteiger charge is -2.29. The highest BCUT2D eigenvalue weighted by Gasteiger charge is 2.45. The first-order valence-corrected chi connectivity index (χ1v) is 10.2. The molecular weight excluding hydrogens is 368 g/mol. The van der Waals surface area contributed by atoms with E-state index in [-0.39, 0.29) is 12.3 Å². The number of aromatic nitrogens is 4. The summed E-state index contributed by atoms with van der Waals surface area (Å²) in [6.07, 6.45) is 4.03. The average molecular weight is 392 g/mol. The second-order valence-corrected chi connectivity index (χ2v) is 7.91. The lowest BCUT2D eigenvalue weighted by atomic mass is 10.3. The monoisotopic (exact) mass is 392 g/mol. The molecule has 3 unspecified atom stereocenters. The van der Waals surface area contributed by atoms with E-state index in [2.05, 4.69) is 54.4 Å². The first kappa shape index (κ1) is 17.1. The number of epoxide rings is 1. The Bertz CT molecular complexity index is 1040. The fraction of sp³-hybridized carbons (Fsp3) is 0.450. The molecule has 9 heteroatoms. The van der Waals surface area contributed by atoms with E-state index in [9.17, 15) is 0 Å². The van der Waals surface area contributed by atoms with Crippen molar-refractivity contribution in [1.82, 2.24) is 30.2 Å². The van der Waals surface area contributed by atoms with Crippen LogP contribution in [0.3, 0.4) is 0 Å². The molecule has 2 fully saturated rings. The van der Waals surface area contributed by atoms with Gasteiger partial charge in [-0.25, -0.2) is 9.97 Å². The first-order valence-electron chi connectivity index (χ1n) is 10.2. The highest BCUT2D eigenvalue weighted by atomic mass is 16.6. The van der Waals surface area contributed by atoms with E-state index in [0.717, 1.165) is 55.3 Å². The number of pyridine rings is 1. The van der Waals surface area contributed by atoms with Crippen LogP contribution in [-0.2, 0) is 4.74 Å². The minimum absolute atomic E-state index is 0.116. The van der Waals surface area contributed by atoms with Gasteiger partial charge in [0.15, 0.2) is 0 Å². The van der Waals surface area contributed by atoms with Gasteiger partial charge in [-0.05, 0) is 25.1 Å². The molecule has 3 aromatic rings. The van der Waals surface area contributed by atoms with Crippen molar-refractivity contribution in [1.29, 1.82) is 0 Å². The van der Waals surface area contributed by atoms with Gasteiger partial charge >= 0.3 is 0 Å². The van der Waals surface area contributed by atoms with Crippen LogP contribution < -0.4 is 20.9 Å². The Labute approximate surface area is 168 Å². The summed E-state index contributed by atoms with van der Waals surface area (Å²) in [6, 6.07) is 6.53. The largest absolute Gasteiger partial charge is 0.368 e. The minimum Gasteiger partial charge on any atom is -0.368 e. The summed E-state index contributed by atoms with van der Waals surface area (Å²) in [4.78, 5) is 16.2. The lowest BCUT2D eigenvalue weighted by Crippen LogP contribution is -2.43. The van der Waals surface area contributed by atoms with E-state index in [0.29, 0.717) is 12.0 Å². The predicted molar refractivity (Wildman–Crippen MR) is 110 cm³/mol. The van der Waals surface area contributed by atoms with Crippen molar-refractivity contribution < 1.29 is 4.74 Å². The molecule has 3 N–H and O–H groups in total. The van der Waals surface area contributed by atoms with Crippen molar-refractivity contribution in [3.8, 4) is 0 Å². The van der Waals surface area contributed by atoms with E-state index < -0.39 is 0 Å². The Kier molecular flexibility index (Phi) is 3.93. The van der Waals surface area contributed by atoms with Gasteiger partial charge in [-0.15, -0.1) is 0 Å². The number of ether oxygens (including phenoxy) is 1. The molecule has 0 saturated carbocycles. The Morgan fingerprint density at radius 2 is 2.07 bits per heavy atom. The molecule has 6 heterocycles.